The molecule has 23 heavy (non-hydrogen) atoms. The number of benzene rings is 1. The van der Waals surface area contributed by atoms with Gasteiger partial charge in [0, 0.05) is 5.56 Å². The average molecular weight is 318 g/mol. The summed E-state index contributed by atoms with van der Waals surface area (Å²) in [6, 6.07) is 5.16. The molecule has 0 aliphatic rings. The van der Waals surface area contributed by atoms with Crippen molar-refractivity contribution < 1.29 is 19.4 Å². The summed E-state index contributed by atoms with van der Waals surface area (Å²) in [7, 11) is 1.48. The summed E-state index contributed by atoms with van der Waals surface area (Å²) in [5.74, 6) is -0.114. The van der Waals surface area contributed by atoms with Crippen molar-refractivity contribution in [3.63, 3.8) is 0 Å². The van der Waals surface area contributed by atoms with Crippen LogP contribution in [0.4, 0.5) is 5.95 Å². The summed E-state index contributed by atoms with van der Waals surface area (Å²) in [5.41, 5.74) is 7.02. The van der Waals surface area contributed by atoms with E-state index in [2.05, 4.69) is 10.1 Å². The fourth-order valence-corrected chi connectivity index (χ4v) is 1.87. The Labute approximate surface area is 133 Å². The monoisotopic (exact) mass is 318 g/mol. The third-order valence-corrected chi connectivity index (χ3v) is 3.03. The van der Waals surface area contributed by atoms with Crippen LogP contribution in [0.5, 0.6) is 11.5 Å². The molecule has 2 rings (SSSR count). The molecule has 122 valence electrons. The number of anilines is 1. The summed E-state index contributed by atoms with van der Waals surface area (Å²) in [6.45, 7) is 3.24. The molecule has 1 heterocycles. The Morgan fingerprint density at radius 3 is 2.83 bits per heavy atom. The number of aromatic nitrogens is 2. The standard InChI is InChI=1S/C15H18N4O4/c1-9-8-19(15(16)18-9)17-7-11-5-4-6-12(22-3)13(11)23-10(2)14(20)21/h4-8,10H,1-3H3,(H2,16,18)(H,20,21). The van der Waals surface area contributed by atoms with Gasteiger partial charge in [0.05, 0.1) is 25.2 Å². The molecule has 1 unspecified atom stereocenters. The zero-order chi connectivity index (χ0) is 17.0. The highest BCUT2D eigenvalue weighted by Crippen LogP contribution is 2.31. The second-order valence-corrected chi connectivity index (χ2v) is 4.81. The normalized spacial score (nSPS) is 12.3. The van der Waals surface area contributed by atoms with E-state index in [0.717, 1.165) is 5.69 Å². The van der Waals surface area contributed by atoms with Gasteiger partial charge in [0.15, 0.2) is 17.6 Å². The maximum atomic E-state index is 11.0. The number of nitrogens with zero attached hydrogens (tertiary/aromatic N) is 3. The van der Waals surface area contributed by atoms with Gasteiger partial charge in [0.1, 0.15) is 0 Å². The van der Waals surface area contributed by atoms with Crippen molar-refractivity contribution in [2.75, 3.05) is 12.8 Å². The lowest BCUT2D eigenvalue weighted by molar-refractivity contribution is -0.144. The maximum absolute atomic E-state index is 11.0. The highest BCUT2D eigenvalue weighted by molar-refractivity contribution is 5.85. The number of carboxylic acids is 1. The van der Waals surface area contributed by atoms with E-state index in [1.165, 1.54) is 24.9 Å². The number of aliphatic carboxylic acids is 1. The second-order valence-electron chi connectivity index (χ2n) is 4.81. The summed E-state index contributed by atoms with van der Waals surface area (Å²) in [5, 5.41) is 13.2. The van der Waals surface area contributed by atoms with Crippen LogP contribution in [0.15, 0.2) is 29.5 Å². The minimum Gasteiger partial charge on any atom is -0.493 e. The van der Waals surface area contributed by atoms with Crippen LogP contribution in [0.25, 0.3) is 0 Å². The Balaban J connectivity index is 2.37. The first kappa shape index (κ1) is 16.3. The SMILES string of the molecule is COc1cccc(C=Nn2cc(C)nc2N)c1OC(C)C(=O)O. The Bertz CT molecular complexity index is 739. The summed E-state index contributed by atoms with van der Waals surface area (Å²) >= 11 is 0. The Hall–Kier alpha value is -3.03. The number of hydrogen-bond donors (Lipinski definition) is 2. The molecule has 3 N–H and O–H groups in total. The van der Waals surface area contributed by atoms with Gasteiger partial charge in [-0.3, -0.25) is 0 Å². The van der Waals surface area contributed by atoms with Crippen LogP contribution >= 0.6 is 0 Å². The topological polar surface area (TPSA) is 112 Å². The molecular formula is C15H18N4O4. The molecule has 8 heteroatoms. The van der Waals surface area contributed by atoms with Crippen molar-refractivity contribution in [1.29, 1.82) is 0 Å². The molecule has 1 aromatic heterocycles. The molecule has 0 aliphatic heterocycles. The number of ether oxygens (including phenoxy) is 2. The molecule has 0 radical (unpaired) electrons. The largest absolute Gasteiger partial charge is 0.493 e. The van der Waals surface area contributed by atoms with Crippen molar-refractivity contribution >= 4 is 18.1 Å². The number of hydrogen-bond acceptors (Lipinski definition) is 6. The van der Waals surface area contributed by atoms with Gasteiger partial charge in [0.2, 0.25) is 5.95 Å². The number of aryl methyl sites for hydroxylation is 1. The maximum Gasteiger partial charge on any atom is 0.344 e. The first-order chi connectivity index (χ1) is 10.9. The number of carboxylic acid groups (broad SMARTS) is 1. The van der Waals surface area contributed by atoms with E-state index in [0.29, 0.717) is 17.1 Å². The van der Waals surface area contributed by atoms with E-state index in [9.17, 15) is 4.79 Å². The van der Waals surface area contributed by atoms with Crippen molar-refractivity contribution in [3.05, 3.63) is 35.7 Å². The number of nitrogen functional groups attached to an aromatic ring is 1. The predicted octanol–water partition coefficient (Wildman–Crippen LogP) is 1.52. The number of carbonyl (C=O) groups is 1. The first-order valence-electron chi connectivity index (χ1n) is 6.84. The van der Waals surface area contributed by atoms with Crippen LogP contribution in [-0.4, -0.2) is 40.2 Å². The van der Waals surface area contributed by atoms with Crippen LogP contribution < -0.4 is 15.2 Å². The number of methoxy groups -OCH3 is 1. The van der Waals surface area contributed by atoms with Crippen molar-refractivity contribution in [1.82, 2.24) is 9.66 Å². The van der Waals surface area contributed by atoms with E-state index in [4.69, 9.17) is 20.3 Å². The quantitative estimate of drug-likeness (QED) is 0.781. The third-order valence-electron chi connectivity index (χ3n) is 3.03. The number of para-hydroxylation sites is 1. The van der Waals surface area contributed by atoms with Gasteiger partial charge in [-0.15, -0.1) is 0 Å². The zero-order valence-corrected chi connectivity index (χ0v) is 13.1. The highest BCUT2D eigenvalue weighted by Gasteiger charge is 2.18. The zero-order valence-electron chi connectivity index (χ0n) is 13.1. The number of nitrogens with two attached hydrogens (primary N) is 1. The molecule has 1 aromatic carbocycles. The molecule has 8 nitrogen and oxygen atoms in total. The lowest BCUT2D eigenvalue weighted by Gasteiger charge is -2.15. The van der Waals surface area contributed by atoms with E-state index in [1.54, 1.807) is 31.3 Å². The third kappa shape index (κ3) is 3.79. The van der Waals surface area contributed by atoms with Gasteiger partial charge in [-0.05, 0) is 26.0 Å². The van der Waals surface area contributed by atoms with E-state index in [1.807, 2.05) is 0 Å². The van der Waals surface area contributed by atoms with Gasteiger partial charge < -0.3 is 20.3 Å². The molecule has 1 atom stereocenters. The van der Waals surface area contributed by atoms with E-state index >= 15 is 0 Å². The minimum atomic E-state index is -1.08. The van der Waals surface area contributed by atoms with Crippen molar-refractivity contribution in [2.45, 2.75) is 20.0 Å². The molecule has 0 aliphatic carbocycles. The molecule has 0 fully saturated rings. The molecule has 0 bridgehead atoms. The van der Waals surface area contributed by atoms with Crippen molar-refractivity contribution in [2.24, 2.45) is 5.10 Å². The number of rotatable bonds is 6. The van der Waals surface area contributed by atoms with Gasteiger partial charge >= 0.3 is 5.97 Å². The van der Waals surface area contributed by atoms with Crippen LogP contribution in [0.1, 0.15) is 18.2 Å². The highest BCUT2D eigenvalue weighted by atomic mass is 16.5. The Kier molecular flexibility index (Phi) is 4.85. The van der Waals surface area contributed by atoms with Gasteiger partial charge in [-0.25, -0.2) is 14.5 Å². The van der Waals surface area contributed by atoms with Crippen molar-refractivity contribution in [3.8, 4) is 11.5 Å². The van der Waals surface area contributed by atoms with E-state index in [-0.39, 0.29) is 5.95 Å². The average Bonchev–Trinajstić information content (AvgIpc) is 2.83. The van der Waals surface area contributed by atoms with E-state index < -0.39 is 12.1 Å². The van der Waals surface area contributed by atoms with Crippen LogP contribution in [0.2, 0.25) is 0 Å². The molecule has 0 spiro atoms. The fourth-order valence-electron chi connectivity index (χ4n) is 1.87. The Morgan fingerprint density at radius 2 is 2.26 bits per heavy atom. The van der Waals surface area contributed by atoms with Crippen LogP contribution in [0, 0.1) is 6.92 Å². The van der Waals surface area contributed by atoms with Gasteiger partial charge in [-0.2, -0.15) is 5.10 Å². The molecule has 0 saturated carbocycles. The predicted molar refractivity (Wildman–Crippen MR) is 85.1 cm³/mol. The van der Waals surface area contributed by atoms with Crippen LogP contribution in [0.3, 0.4) is 0 Å². The lowest BCUT2D eigenvalue weighted by Crippen LogP contribution is -2.23. The summed E-state index contributed by atoms with van der Waals surface area (Å²) < 4.78 is 12.1. The summed E-state index contributed by atoms with van der Waals surface area (Å²) in [6.07, 6.45) is 2.15. The minimum absolute atomic E-state index is 0.253. The smallest absolute Gasteiger partial charge is 0.344 e. The van der Waals surface area contributed by atoms with Gasteiger partial charge in [0.25, 0.3) is 0 Å². The lowest BCUT2D eigenvalue weighted by atomic mass is 10.2. The Morgan fingerprint density at radius 1 is 1.52 bits per heavy atom. The molecule has 0 saturated heterocycles. The van der Waals surface area contributed by atoms with Crippen LogP contribution in [-0.2, 0) is 4.79 Å². The fraction of sp³-hybridized carbons (Fsp3) is 0.267. The number of imidazole rings is 1. The first-order valence-corrected chi connectivity index (χ1v) is 6.84. The second kappa shape index (κ2) is 6.82. The molecule has 0 amide bonds. The molecule has 2 aromatic rings. The van der Waals surface area contributed by atoms with Gasteiger partial charge in [-0.1, -0.05) is 6.07 Å². The molecular weight excluding hydrogens is 300 g/mol. The summed E-state index contributed by atoms with van der Waals surface area (Å²) in [4.78, 5) is 15.1.